The molecule has 52 valence electrons. The third-order valence-electron chi connectivity index (χ3n) is 1.43. The molecule has 3 nitrogen and oxygen atoms in total. The number of ether oxygens (including phenoxy) is 1. The van der Waals surface area contributed by atoms with Gasteiger partial charge in [0.05, 0.1) is 12.7 Å². The topological polar surface area (TPSA) is 41.5 Å². The van der Waals surface area contributed by atoms with Gasteiger partial charge >= 0.3 is 0 Å². The van der Waals surface area contributed by atoms with Gasteiger partial charge in [-0.1, -0.05) is 0 Å². The molecule has 1 rings (SSSR count). The van der Waals surface area contributed by atoms with E-state index in [1.807, 2.05) is 7.85 Å². The number of morpholine rings is 1. The van der Waals surface area contributed by atoms with E-state index >= 15 is 0 Å². The maximum absolute atomic E-state index is 8.64. The molecule has 1 aliphatic heterocycles. The summed E-state index contributed by atoms with van der Waals surface area (Å²) in [6, 6.07) is 0.246. The van der Waals surface area contributed by atoms with E-state index in [-0.39, 0.29) is 18.7 Å². The summed E-state index contributed by atoms with van der Waals surface area (Å²) >= 11 is 0. The fourth-order valence-corrected chi connectivity index (χ4v) is 0.980. The Kier molecular flexibility index (Phi) is 2.51. The molecule has 2 atom stereocenters. The van der Waals surface area contributed by atoms with E-state index in [0.717, 1.165) is 13.1 Å². The standard InChI is InChI=1S/C5H12BNO2/c6-5-2-7-1-4(3-8)9-5/h4-5,7-8H,1-3,6H2/t4?,5-/m1/s1. The summed E-state index contributed by atoms with van der Waals surface area (Å²) in [6.07, 6.45) is 0.00810. The minimum Gasteiger partial charge on any atom is -0.394 e. The highest BCUT2D eigenvalue weighted by molar-refractivity contribution is 6.11. The van der Waals surface area contributed by atoms with Crippen LogP contribution in [-0.4, -0.2) is 44.8 Å². The minimum absolute atomic E-state index is 0.00810. The fourth-order valence-electron chi connectivity index (χ4n) is 0.980. The van der Waals surface area contributed by atoms with Gasteiger partial charge in [-0.3, -0.25) is 0 Å². The number of nitrogens with one attached hydrogen (secondary N) is 1. The summed E-state index contributed by atoms with van der Waals surface area (Å²) in [6.45, 7) is 1.80. The van der Waals surface area contributed by atoms with Crippen LogP contribution in [0.1, 0.15) is 0 Å². The highest BCUT2D eigenvalue weighted by atomic mass is 16.5. The maximum atomic E-state index is 8.64. The van der Waals surface area contributed by atoms with Crippen LogP contribution in [0.4, 0.5) is 0 Å². The van der Waals surface area contributed by atoms with Crippen molar-refractivity contribution in [1.82, 2.24) is 5.32 Å². The van der Waals surface area contributed by atoms with Gasteiger partial charge in [0, 0.05) is 19.1 Å². The van der Waals surface area contributed by atoms with Crippen molar-refractivity contribution in [3.63, 3.8) is 0 Å². The second-order valence-corrected chi connectivity index (χ2v) is 2.41. The first-order valence-electron chi connectivity index (χ1n) is 3.30. The molecule has 2 N–H and O–H groups in total. The van der Waals surface area contributed by atoms with E-state index in [4.69, 9.17) is 9.84 Å². The van der Waals surface area contributed by atoms with Crippen molar-refractivity contribution >= 4 is 7.85 Å². The number of hydrogen-bond donors (Lipinski definition) is 2. The van der Waals surface area contributed by atoms with Crippen LogP contribution >= 0.6 is 0 Å². The number of rotatable bonds is 1. The third kappa shape index (κ3) is 1.97. The van der Waals surface area contributed by atoms with Gasteiger partial charge in [-0.05, 0) is 0 Å². The van der Waals surface area contributed by atoms with Crippen LogP contribution in [0.5, 0.6) is 0 Å². The van der Waals surface area contributed by atoms with Crippen molar-refractivity contribution in [2.24, 2.45) is 0 Å². The molecule has 1 saturated heterocycles. The second kappa shape index (κ2) is 3.20. The minimum atomic E-state index is 0.00810. The molecule has 4 heteroatoms. The zero-order valence-corrected chi connectivity index (χ0v) is 5.63. The Morgan fingerprint density at radius 3 is 2.89 bits per heavy atom. The zero-order chi connectivity index (χ0) is 6.69. The van der Waals surface area contributed by atoms with Gasteiger partial charge in [0.15, 0.2) is 0 Å². The van der Waals surface area contributed by atoms with E-state index in [1.54, 1.807) is 0 Å². The van der Waals surface area contributed by atoms with Crippen molar-refractivity contribution < 1.29 is 9.84 Å². The normalized spacial score (nSPS) is 36.6. The van der Waals surface area contributed by atoms with Crippen LogP contribution in [0.2, 0.25) is 0 Å². The summed E-state index contributed by atoms with van der Waals surface area (Å²) < 4.78 is 5.32. The van der Waals surface area contributed by atoms with Crippen molar-refractivity contribution in [1.29, 1.82) is 0 Å². The third-order valence-corrected chi connectivity index (χ3v) is 1.43. The van der Waals surface area contributed by atoms with Crippen LogP contribution < -0.4 is 5.32 Å². The molecule has 9 heavy (non-hydrogen) atoms. The molecular formula is C5H12BNO2. The largest absolute Gasteiger partial charge is 0.394 e. The molecule has 0 spiro atoms. The molecule has 0 aromatic carbocycles. The van der Waals surface area contributed by atoms with Gasteiger partial charge in [0.25, 0.3) is 0 Å². The van der Waals surface area contributed by atoms with Gasteiger partial charge in [-0.25, -0.2) is 0 Å². The Hall–Kier alpha value is -0.0551. The van der Waals surface area contributed by atoms with Crippen LogP contribution in [0.15, 0.2) is 0 Å². The average Bonchev–Trinajstić information content (AvgIpc) is 1.88. The molecule has 1 fully saturated rings. The lowest BCUT2D eigenvalue weighted by atomic mass is 9.98. The van der Waals surface area contributed by atoms with Crippen molar-refractivity contribution in [2.75, 3.05) is 19.7 Å². The smallest absolute Gasteiger partial charge is 0.140 e. The Morgan fingerprint density at radius 1 is 1.67 bits per heavy atom. The zero-order valence-electron chi connectivity index (χ0n) is 5.63. The Labute approximate surface area is 55.8 Å². The lowest BCUT2D eigenvalue weighted by molar-refractivity contribution is -0.0257. The van der Waals surface area contributed by atoms with Crippen LogP contribution in [0, 0.1) is 0 Å². The summed E-state index contributed by atoms with van der Waals surface area (Å²) in [4.78, 5) is 0. The van der Waals surface area contributed by atoms with Crippen molar-refractivity contribution in [3.8, 4) is 0 Å². The molecule has 0 aromatic rings. The summed E-state index contributed by atoms with van der Waals surface area (Å²) in [5.74, 6) is 0. The molecule has 1 heterocycles. The van der Waals surface area contributed by atoms with Crippen molar-refractivity contribution in [2.45, 2.75) is 12.1 Å². The predicted octanol–water partition coefficient (Wildman–Crippen LogP) is -2.07. The summed E-state index contributed by atoms with van der Waals surface area (Å²) in [5.41, 5.74) is 0. The SMILES string of the molecule is B[C@H]1CNCC(CO)O1. The van der Waals surface area contributed by atoms with E-state index < -0.39 is 0 Å². The van der Waals surface area contributed by atoms with Gasteiger partial charge < -0.3 is 15.2 Å². The lowest BCUT2D eigenvalue weighted by Gasteiger charge is -2.27. The molecule has 0 amide bonds. The number of hydrogen-bond acceptors (Lipinski definition) is 3. The molecule has 0 bridgehead atoms. The van der Waals surface area contributed by atoms with Crippen LogP contribution in [-0.2, 0) is 4.74 Å². The first-order valence-corrected chi connectivity index (χ1v) is 3.30. The summed E-state index contributed by atoms with van der Waals surface area (Å²) in [5, 5.41) is 11.8. The summed E-state index contributed by atoms with van der Waals surface area (Å²) in [7, 11) is 1.99. The monoisotopic (exact) mass is 129 g/mol. The Morgan fingerprint density at radius 2 is 2.44 bits per heavy atom. The fraction of sp³-hybridized carbons (Fsp3) is 1.00. The molecule has 0 aliphatic carbocycles. The second-order valence-electron chi connectivity index (χ2n) is 2.41. The molecule has 1 aliphatic rings. The molecule has 1 unspecified atom stereocenters. The maximum Gasteiger partial charge on any atom is 0.140 e. The number of aliphatic hydroxyl groups excluding tert-OH is 1. The molecular weight excluding hydrogens is 117 g/mol. The molecule has 0 saturated carbocycles. The van der Waals surface area contributed by atoms with Crippen LogP contribution in [0.25, 0.3) is 0 Å². The Balaban J connectivity index is 2.23. The molecule has 0 radical (unpaired) electrons. The quantitative estimate of drug-likeness (QED) is 0.399. The first-order chi connectivity index (χ1) is 4.33. The van der Waals surface area contributed by atoms with Crippen molar-refractivity contribution in [3.05, 3.63) is 0 Å². The van der Waals surface area contributed by atoms with E-state index in [2.05, 4.69) is 5.32 Å². The lowest BCUT2D eigenvalue weighted by Crippen LogP contribution is -2.46. The van der Waals surface area contributed by atoms with Crippen LogP contribution in [0.3, 0.4) is 0 Å². The van der Waals surface area contributed by atoms with Gasteiger partial charge in [-0.2, -0.15) is 0 Å². The van der Waals surface area contributed by atoms with Gasteiger partial charge in [0.2, 0.25) is 0 Å². The van der Waals surface area contributed by atoms with E-state index in [1.165, 1.54) is 0 Å². The van der Waals surface area contributed by atoms with E-state index in [0.29, 0.717) is 0 Å². The van der Waals surface area contributed by atoms with Gasteiger partial charge in [0.1, 0.15) is 7.85 Å². The van der Waals surface area contributed by atoms with E-state index in [9.17, 15) is 0 Å². The Bertz CT molecular complexity index is 91.0. The first kappa shape index (κ1) is 7.06. The average molecular weight is 129 g/mol. The van der Waals surface area contributed by atoms with Gasteiger partial charge in [-0.15, -0.1) is 0 Å². The highest BCUT2D eigenvalue weighted by Crippen LogP contribution is 1.98. The number of aliphatic hydroxyl groups is 1. The predicted molar refractivity (Wildman–Crippen MR) is 37.2 cm³/mol. The highest BCUT2D eigenvalue weighted by Gasteiger charge is 2.16. The molecule has 0 aromatic heterocycles.